The van der Waals surface area contributed by atoms with Crippen molar-refractivity contribution in [1.29, 1.82) is 0 Å². The van der Waals surface area contributed by atoms with Crippen LogP contribution in [0.5, 0.6) is 0 Å². The topological polar surface area (TPSA) is 60.0 Å². The molecule has 0 aliphatic heterocycles. The standard InChI is InChI=1S/C13H16N6/c1-10-5-12(19-13(6-10)15-9-17-19)14-4-3-11-7-16-18(2)8-11/h5-9,14H,3-4H2,1-2H3. The van der Waals surface area contributed by atoms with E-state index in [1.807, 2.05) is 34.7 Å². The van der Waals surface area contributed by atoms with Crippen molar-refractivity contribution in [3.63, 3.8) is 0 Å². The molecule has 3 aromatic rings. The summed E-state index contributed by atoms with van der Waals surface area (Å²) in [6, 6.07) is 4.09. The van der Waals surface area contributed by atoms with E-state index in [0.717, 1.165) is 24.4 Å². The average molecular weight is 256 g/mol. The van der Waals surface area contributed by atoms with Crippen LogP contribution in [-0.4, -0.2) is 30.9 Å². The van der Waals surface area contributed by atoms with E-state index in [2.05, 4.69) is 33.5 Å². The van der Waals surface area contributed by atoms with Gasteiger partial charge in [-0.2, -0.15) is 14.7 Å². The van der Waals surface area contributed by atoms with Crippen LogP contribution < -0.4 is 5.32 Å². The summed E-state index contributed by atoms with van der Waals surface area (Å²) >= 11 is 0. The first-order valence-corrected chi connectivity index (χ1v) is 6.24. The Morgan fingerprint density at radius 3 is 2.95 bits per heavy atom. The maximum atomic E-state index is 4.22. The molecule has 0 atom stereocenters. The zero-order valence-electron chi connectivity index (χ0n) is 11.0. The van der Waals surface area contributed by atoms with Gasteiger partial charge < -0.3 is 5.32 Å². The average Bonchev–Trinajstić information content (AvgIpc) is 2.98. The lowest BCUT2D eigenvalue weighted by atomic mass is 10.2. The lowest BCUT2D eigenvalue weighted by Crippen LogP contribution is -2.09. The van der Waals surface area contributed by atoms with Crippen LogP contribution in [0.1, 0.15) is 11.1 Å². The summed E-state index contributed by atoms with van der Waals surface area (Å²) in [5.74, 6) is 0.969. The smallest absolute Gasteiger partial charge is 0.157 e. The molecule has 19 heavy (non-hydrogen) atoms. The number of hydrogen-bond donors (Lipinski definition) is 1. The Kier molecular flexibility index (Phi) is 2.91. The van der Waals surface area contributed by atoms with Gasteiger partial charge in [0.1, 0.15) is 12.1 Å². The Bertz CT molecular complexity index is 696. The lowest BCUT2D eigenvalue weighted by Gasteiger charge is -2.08. The van der Waals surface area contributed by atoms with Gasteiger partial charge in [-0.1, -0.05) is 0 Å². The fraction of sp³-hybridized carbons (Fsp3) is 0.308. The van der Waals surface area contributed by atoms with Gasteiger partial charge in [0, 0.05) is 19.8 Å². The molecule has 6 heteroatoms. The fourth-order valence-corrected chi connectivity index (χ4v) is 2.12. The zero-order valence-corrected chi connectivity index (χ0v) is 11.0. The summed E-state index contributed by atoms with van der Waals surface area (Å²) < 4.78 is 3.63. The predicted molar refractivity (Wildman–Crippen MR) is 73.1 cm³/mol. The van der Waals surface area contributed by atoms with Gasteiger partial charge >= 0.3 is 0 Å². The zero-order chi connectivity index (χ0) is 13.2. The Hall–Kier alpha value is -2.37. The van der Waals surface area contributed by atoms with Gasteiger partial charge in [-0.3, -0.25) is 4.68 Å². The molecule has 0 amide bonds. The minimum absolute atomic E-state index is 0.837. The molecule has 3 heterocycles. The second-order valence-corrected chi connectivity index (χ2v) is 4.65. The molecule has 1 N–H and O–H groups in total. The molecule has 98 valence electrons. The van der Waals surface area contributed by atoms with Crippen LogP contribution in [0.2, 0.25) is 0 Å². The molecule has 0 spiro atoms. The van der Waals surface area contributed by atoms with E-state index in [4.69, 9.17) is 0 Å². The maximum absolute atomic E-state index is 4.22. The minimum atomic E-state index is 0.837. The molecule has 6 nitrogen and oxygen atoms in total. The number of fused-ring (bicyclic) bond motifs is 1. The highest BCUT2D eigenvalue weighted by Gasteiger charge is 2.03. The van der Waals surface area contributed by atoms with E-state index in [0.29, 0.717) is 0 Å². The van der Waals surface area contributed by atoms with E-state index < -0.39 is 0 Å². The molecule has 0 aliphatic rings. The van der Waals surface area contributed by atoms with E-state index >= 15 is 0 Å². The first-order chi connectivity index (χ1) is 9.22. The van der Waals surface area contributed by atoms with Crippen molar-refractivity contribution in [2.45, 2.75) is 13.3 Å². The van der Waals surface area contributed by atoms with Crippen molar-refractivity contribution in [2.75, 3.05) is 11.9 Å². The van der Waals surface area contributed by atoms with Crippen molar-refractivity contribution in [3.8, 4) is 0 Å². The Labute approximate surface area is 111 Å². The number of aromatic nitrogens is 5. The molecule has 0 bridgehead atoms. The molecule has 0 saturated heterocycles. The van der Waals surface area contributed by atoms with Gasteiger partial charge in [-0.15, -0.1) is 0 Å². The van der Waals surface area contributed by atoms with Gasteiger partial charge in [0.25, 0.3) is 0 Å². The molecular weight excluding hydrogens is 240 g/mol. The fourth-order valence-electron chi connectivity index (χ4n) is 2.12. The number of nitrogens with one attached hydrogen (secondary N) is 1. The summed E-state index contributed by atoms with van der Waals surface area (Å²) in [7, 11) is 1.93. The Morgan fingerprint density at radius 2 is 2.16 bits per heavy atom. The SMILES string of the molecule is Cc1cc(NCCc2cnn(C)c2)n2ncnc2c1. The van der Waals surface area contributed by atoms with Gasteiger partial charge in [0.15, 0.2) is 5.65 Å². The summed E-state index contributed by atoms with van der Waals surface area (Å²) in [5.41, 5.74) is 3.26. The first kappa shape index (κ1) is 11.7. The van der Waals surface area contributed by atoms with Crippen LogP contribution in [0.3, 0.4) is 0 Å². The van der Waals surface area contributed by atoms with E-state index in [1.54, 1.807) is 6.33 Å². The molecule has 0 unspecified atom stereocenters. The van der Waals surface area contributed by atoms with Crippen molar-refractivity contribution in [3.05, 3.63) is 42.0 Å². The summed E-state index contributed by atoms with van der Waals surface area (Å²) in [6.45, 7) is 2.89. The third-order valence-electron chi connectivity index (χ3n) is 3.00. The number of nitrogens with zero attached hydrogens (tertiary/aromatic N) is 5. The summed E-state index contributed by atoms with van der Waals surface area (Å²) in [6.07, 6.45) is 6.42. The van der Waals surface area contributed by atoms with Crippen molar-refractivity contribution < 1.29 is 0 Å². The summed E-state index contributed by atoms with van der Waals surface area (Å²) in [4.78, 5) is 4.21. The van der Waals surface area contributed by atoms with Crippen molar-refractivity contribution >= 4 is 11.5 Å². The normalized spacial score (nSPS) is 11.1. The monoisotopic (exact) mass is 256 g/mol. The molecular formula is C13H16N6. The second kappa shape index (κ2) is 4.72. The number of pyridine rings is 1. The molecule has 0 saturated carbocycles. The van der Waals surface area contributed by atoms with Crippen LogP contribution in [0.25, 0.3) is 5.65 Å². The predicted octanol–water partition coefficient (Wildman–Crippen LogP) is 1.43. The molecule has 3 rings (SSSR count). The maximum Gasteiger partial charge on any atom is 0.157 e. The lowest BCUT2D eigenvalue weighted by molar-refractivity contribution is 0.766. The van der Waals surface area contributed by atoms with Gasteiger partial charge in [-0.25, -0.2) is 4.98 Å². The molecule has 0 fully saturated rings. The van der Waals surface area contributed by atoms with E-state index in [-0.39, 0.29) is 0 Å². The van der Waals surface area contributed by atoms with Gasteiger partial charge in [0.05, 0.1) is 6.20 Å². The third kappa shape index (κ3) is 2.42. The highest BCUT2D eigenvalue weighted by atomic mass is 15.3. The van der Waals surface area contributed by atoms with Crippen molar-refractivity contribution in [1.82, 2.24) is 24.4 Å². The highest BCUT2D eigenvalue weighted by molar-refractivity contribution is 5.51. The number of anilines is 1. The minimum Gasteiger partial charge on any atom is -0.370 e. The van der Waals surface area contributed by atoms with Crippen LogP contribution in [0, 0.1) is 6.92 Å². The Balaban J connectivity index is 1.73. The molecule has 0 radical (unpaired) electrons. The first-order valence-electron chi connectivity index (χ1n) is 6.24. The van der Waals surface area contributed by atoms with Crippen molar-refractivity contribution in [2.24, 2.45) is 7.05 Å². The summed E-state index contributed by atoms with van der Waals surface area (Å²) in [5, 5.41) is 11.8. The van der Waals surface area contributed by atoms with E-state index in [1.165, 1.54) is 11.1 Å². The van der Waals surface area contributed by atoms with Crippen LogP contribution in [-0.2, 0) is 13.5 Å². The number of aryl methyl sites for hydroxylation is 2. The van der Waals surface area contributed by atoms with Crippen LogP contribution in [0.15, 0.2) is 30.9 Å². The van der Waals surface area contributed by atoms with E-state index in [9.17, 15) is 0 Å². The molecule has 0 aliphatic carbocycles. The number of hydrogen-bond acceptors (Lipinski definition) is 4. The van der Waals surface area contributed by atoms with Crippen LogP contribution in [0.4, 0.5) is 5.82 Å². The van der Waals surface area contributed by atoms with Gasteiger partial charge in [-0.05, 0) is 36.6 Å². The third-order valence-corrected chi connectivity index (χ3v) is 3.00. The quantitative estimate of drug-likeness (QED) is 0.767. The molecule has 0 aromatic carbocycles. The largest absolute Gasteiger partial charge is 0.370 e. The molecule has 3 aromatic heterocycles. The van der Waals surface area contributed by atoms with Gasteiger partial charge in [0.2, 0.25) is 0 Å². The van der Waals surface area contributed by atoms with Crippen LogP contribution >= 0.6 is 0 Å². The highest BCUT2D eigenvalue weighted by Crippen LogP contribution is 2.13. The Morgan fingerprint density at radius 1 is 1.26 bits per heavy atom. The number of rotatable bonds is 4. The second-order valence-electron chi connectivity index (χ2n) is 4.65.